The van der Waals surface area contributed by atoms with Crippen LogP contribution in [0.3, 0.4) is 0 Å². The topological polar surface area (TPSA) is 16.1 Å². The molecule has 0 bridgehead atoms. The highest BCUT2D eigenvalue weighted by molar-refractivity contribution is 7.83. The van der Waals surface area contributed by atoms with Crippen molar-refractivity contribution in [1.29, 1.82) is 0 Å². The molecule has 1 fully saturated rings. The minimum atomic E-state index is -2.55. The zero-order valence-corrected chi connectivity index (χ0v) is 8.42. The van der Waals surface area contributed by atoms with Gasteiger partial charge in [-0.25, -0.2) is 13.8 Å². The Kier molecular flexibility index (Phi) is 2.19. The molecule has 2 nitrogen and oxygen atoms in total. The van der Waals surface area contributed by atoms with Crippen LogP contribution in [-0.2, 0) is 0 Å². The Labute approximate surface area is 84.0 Å². The first-order valence-corrected chi connectivity index (χ1v) is 5.11. The normalized spacial score (nSPS) is 21.0. The van der Waals surface area contributed by atoms with Gasteiger partial charge in [-0.15, -0.1) is 12.6 Å². The van der Waals surface area contributed by atoms with E-state index in [4.69, 9.17) is 0 Å². The molecule has 13 heavy (non-hydrogen) atoms. The summed E-state index contributed by atoms with van der Waals surface area (Å²) in [5.74, 6) is -2.55. The van der Waals surface area contributed by atoms with Crippen LogP contribution in [0.15, 0.2) is 10.4 Å². The summed E-state index contributed by atoms with van der Waals surface area (Å²) in [5.41, 5.74) is 0. The average molecular weight is 222 g/mol. The second kappa shape index (κ2) is 3.09. The number of hydrogen-bond donors (Lipinski definition) is 1. The van der Waals surface area contributed by atoms with Crippen LogP contribution in [0.4, 0.5) is 13.9 Å². The van der Waals surface area contributed by atoms with Gasteiger partial charge in [0.05, 0.1) is 17.0 Å². The predicted octanol–water partition coefficient (Wildman–Crippen LogP) is 2.28. The number of aromatic nitrogens is 1. The second-order valence-corrected chi connectivity index (χ2v) is 4.80. The van der Waals surface area contributed by atoms with Gasteiger partial charge in [-0.1, -0.05) is 11.3 Å². The number of thiol groups is 1. The number of halogens is 2. The summed E-state index contributed by atoms with van der Waals surface area (Å²) >= 11 is 5.41. The van der Waals surface area contributed by atoms with E-state index < -0.39 is 5.92 Å². The van der Waals surface area contributed by atoms with Crippen LogP contribution in [0, 0.1) is 0 Å². The number of hydrogen-bond acceptors (Lipinski definition) is 4. The average Bonchev–Trinajstić information content (AvgIpc) is 2.56. The molecule has 0 saturated carbocycles. The molecule has 72 valence electrons. The molecule has 2 rings (SSSR count). The van der Waals surface area contributed by atoms with Gasteiger partial charge in [-0.05, 0) is 0 Å². The molecular weight excluding hydrogens is 214 g/mol. The highest BCUT2D eigenvalue weighted by Gasteiger charge is 2.39. The van der Waals surface area contributed by atoms with E-state index in [1.807, 2.05) is 0 Å². The fourth-order valence-electron chi connectivity index (χ4n) is 1.30. The summed E-state index contributed by atoms with van der Waals surface area (Å²) < 4.78 is 26.4. The van der Waals surface area contributed by atoms with Crippen LogP contribution in [0.1, 0.15) is 6.42 Å². The van der Waals surface area contributed by atoms with E-state index in [0.29, 0.717) is 11.7 Å². The molecule has 0 aliphatic carbocycles. The molecule has 0 unspecified atom stereocenters. The Morgan fingerprint density at radius 3 is 2.85 bits per heavy atom. The van der Waals surface area contributed by atoms with Gasteiger partial charge in [0.1, 0.15) is 0 Å². The van der Waals surface area contributed by atoms with Crippen molar-refractivity contribution >= 4 is 29.1 Å². The highest BCUT2D eigenvalue weighted by Crippen LogP contribution is 2.33. The highest BCUT2D eigenvalue weighted by atomic mass is 32.2. The Morgan fingerprint density at radius 1 is 1.62 bits per heavy atom. The summed E-state index contributed by atoms with van der Waals surface area (Å²) in [7, 11) is 0. The lowest BCUT2D eigenvalue weighted by Gasteiger charge is -2.13. The van der Waals surface area contributed by atoms with Gasteiger partial charge in [-0.2, -0.15) is 0 Å². The van der Waals surface area contributed by atoms with Crippen LogP contribution < -0.4 is 4.90 Å². The van der Waals surface area contributed by atoms with Gasteiger partial charge in [0, 0.05) is 13.0 Å². The minimum Gasteiger partial charge on any atom is -0.342 e. The Morgan fingerprint density at radius 2 is 2.38 bits per heavy atom. The third-order valence-corrected chi connectivity index (χ3v) is 3.17. The van der Waals surface area contributed by atoms with Gasteiger partial charge < -0.3 is 4.90 Å². The van der Waals surface area contributed by atoms with E-state index in [0.717, 1.165) is 4.21 Å². The lowest BCUT2D eigenvalue weighted by Crippen LogP contribution is -2.24. The number of rotatable bonds is 1. The third kappa shape index (κ3) is 1.94. The van der Waals surface area contributed by atoms with E-state index in [1.165, 1.54) is 11.3 Å². The maximum Gasteiger partial charge on any atom is 0.267 e. The molecule has 6 heteroatoms. The van der Waals surface area contributed by atoms with E-state index in [2.05, 4.69) is 17.6 Å². The molecule has 0 N–H and O–H groups in total. The van der Waals surface area contributed by atoms with Gasteiger partial charge >= 0.3 is 0 Å². The molecule has 2 heterocycles. The van der Waals surface area contributed by atoms with Gasteiger partial charge in [0.2, 0.25) is 0 Å². The van der Waals surface area contributed by atoms with Gasteiger partial charge in [-0.3, -0.25) is 0 Å². The molecule has 0 aromatic carbocycles. The maximum atomic E-state index is 12.8. The fraction of sp³-hybridized carbons (Fsp3) is 0.571. The van der Waals surface area contributed by atoms with Gasteiger partial charge in [0.25, 0.3) is 5.92 Å². The number of thiazole rings is 1. The third-order valence-electron chi connectivity index (χ3n) is 1.92. The zero-order chi connectivity index (χ0) is 9.47. The van der Waals surface area contributed by atoms with Crippen molar-refractivity contribution in [3.8, 4) is 0 Å². The summed E-state index contributed by atoms with van der Waals surface area (Å²) in [5, 5.41) is 0.641. The summed E-state index contributed by atoms with van der Waals surface area (Å²) in [6.07, 6.45) is 1.51. The van der Waals surface area contributed by atoms with Crippen molar-refractivity contribution in [2.24, 2.45) is 0 Å². The number of alkyl halides is 2. The smallest absolute Gasteiger partial charge is 0.267 e. The molecule has 1 aliphatic heterocycles. The van der Waals surface area contributed by atoms with Crippen molar-refractivity contribution < 1.29 is 8.78 Å². The first kappa shape index (κ1) is 9.21. The minimum absolute atomic E-state index is 0.0749. The lowest BCUT2D eigenvalue weighted by molar-refractivity contribution is 0.0257. The van der Waals surface area contributed by atoms with Crippen molar-refractivity contribution in [3.05, 3.63) is 6.20 Å². The van der Waals surface area contributed by atoms with E-state index in [-0.39, 0.29) is 13.0 Å². The predicted molar refractivity (Wildman–Crippen MR) is 51.1 cm³/mol. The standard InChI is InChI=1S/C7H8F2N2S2/c8-7(9)1-2-11(4-7)6-10-3-5(12)13-6/h3,12H,1-2,4H2. The van der Waals surface area contributed by atoms with Crippen molar-refractivity contribution in [1.82, 2.24) is 4.98 Å². The molecule has 1 aliphatic rings. The number of anilines is 1. The Balaban J connectivity index is 2.12. The molecule has 1 saturated heterocycles. The first-order chi connectivity index (χ1) is 6.07. The van der Waals surface area contributed by atoms with E-state index >= 15 is 0 Å². The van der Waals surface area contributed by atoms with Crippen LogP contribution >= 0.6 is 24.0 Å². The molecule has 1 aromatic heterocycles. The Hall–Kier alpha value is -0.360. The molecular formula is C7H8F2N2S2. The van der Waals surface area contributed by atoms with Crippen LogP contribution in [-0.4, -0.2) is 24.0 Å². The molecule has 0 radical (unpaired) electrons. The van der Waals surface area contributed by atoms with Gasteiger partial charge in [0.15, 0.2) is 5.13 Å². The first-order valence-electron chi connectivity index (χ1n) is 3.84. The number of nitrogens with zero attached hydrogens (tertiary/aromatic N) is 2. The quantitative estimate of drug-likeness (QED) is 0.734. The molecule has 0 amide bonds. The SMILES string of the molecule is FC1(F)CCN(c2ncc(S)s2)C1. The van der Waals surface area contributed by atoms with E-state index in [9.17, 15) is 8.78 Å². The lowest BCUT2D eigenvalue weighted by atomic mass is 10.3. The largest absolute Gasteiger partial charge is 0.342 e. The Bertz CT molecular complexity index is 313. The molecule has 1 aromatic rings. The summed E-state index contributed by atoms with van der Waals surface area (Å²) in [6.45, 7) is 0.168. The van der Waals surface area contributed by atoms with Crippen LogP contribution in [0.2, 0.25) is 0 Å². The second-order valence-electron chi connectivity index (χ2n) is 3.01. The van der Waals surface area contributed by atoms with E-state index in [1.54, 1.807) is 11.1 Å². The summed E-state index contributed by atoms with van der Waals surface area (Å²) in [6, 6.07) is 0. The zero-order valence-electron chi connectivity index (χ0n) is 6.70. The molecule has 0 atom stereocenters. The van der Waals surface area contributed by atoms with Crippen molar-refractivity contribution in [3.63, 3.8) is 0 Å². The van der Waals surface area contributed by atoms with Crippen molar-refractivity contribution in [2.75, 3.05) is 18.0 Å². The van der Waals surface area contributed by atoms with Crippen LogP contribution in [0.5, 0.6) is 0 Å². The summed E-state index contributed by atoms with van der Waals surface area (Å²) in [4.78, 5) is 5.60. The van der Waals surface area contributed by atoms with Crippen molar-refractivity contribution in [2.45, 2.75) is 16.6 Å². The maximum absolute atomic E-state index is 12.8. The monoisotopic (exact) mass is 222 g/mol. The van der Waals surface area contributed by atoms with Crippen LogP contribution in [0.25, 0.3) is 0 Å². The fourth-order valence-corrected chi connectivity index (χ4v) is 2.29. The molecule has 0 spiro atoms.